The molecular weight excluding hydrogens is 437 g/mol. The van der Waals surface area contributed by atoms with Gasteiger partial charge in [0.1, 0.15) is 11.8 Å². The second-order valence-electron chi connectivity index (χ2n) is 6.81. The number of alkyl halides is 3. The number of ether oxygens (including phenoxy) is 2. The number of esters is 1. The van der Waals surface area contributed by atoms with E-state index in [4.69, 9.17) is 4.74 Å². The quantitative estimate of drug-likeness (QED) is 0.584. The monoisotopic (exact) mass is 458 g/mol. The van der Waals surface area contributed by atoms with E-state index >= 15 is 0 Å². The predicted molar refractivity (Wildman–Crippen MR) is 108 cm³/mol. The van der Waals surface area contributed by atoms with Crippen LogP contribution in [0.5, 0.6) is 5.75 Å². The van der Waals surface area contributed by atoms with Crippen molar-refractivity contribution >= 4 is 34.8 Å². The highest BCUT2D eigenvalue weighted by atomic mass is 32.1. The van der Waals surface area contributed by atoms with Crippen molar-refractivity contribution in [3.63, 3.8) is 0 Å². The lowest BCUT2D eigenvalue weighted by Gasteiger charge is -2.22. The third-order valence-corrected chi connectivity index (χ3v) is 4.84. The van der Waals surface area contributed by atoms with Crippen LogP contribution in [0.2, 0.25) is 0 Å². The third-order valence-electron chi connectivity index (χ3n) is 3.97. The van der Waals surface area contributed by atoms with Gasteiger partial charge in [-0.3, -0.25) is 9.59 Å². The first kappa shape index (κ1) is 24.2. The number of hydrogen-bond donors (Lipinski definition) is 2. The SMILES string of the molecule is CC(OC(=O)C(NC(=O)c1cccs1)C(C)C)C(=O)Nc1ccc(OC(F)(F)F)cc1. The molecule has 0 saturated heterocycles. The van der Waals surface area contributed by atoms with Gasteiger partial charge in [0.15, 0.2) is 6.10 Å². The minimum absolute atomic E-state index is 0.189. The molecule has 1 aromatic heterocycles. The van der Waals surface area contributed by atoms with Gasteiger partial charge in [-0.05, 0) is 48.6 Å². The number of nitrogens with one attached hydrogen (secondary N) is 2. The number of thiophene rings is 1. The molecule has 0 saturated carbocycles. The lowest BCUT2D eigenvalue weighted by Crippen LogP contribution is -2.47. The second kappa shape index (κ2) is 10.3. The van der Waals surface area contributed by atoms with Crippen molar-refractivity contribution in [3.8, 4) is 5.75 Å². The van der Waals surface area contributed by atoms with Gasteiger partial charge in [-0.25, -0.2) is 4.79 Å². The molecule has 0 bridgehead atoms. The van der Waals surface area contributed by atoms with Gasteiger partial charge in [-0.2, -0.15) is 0 Å². The molecule has 1 aromatic carbocycles. The molecule has 2 rings (SSSR count). The standard InChI is InChI=1S/C20H21F3N2O5S/c1-11(2)16(25-18(27)15-5-4-10-31-15)19(28)29-12(3)17(26)24-13-6-8-14(9-7-13)30-20(21,22)23/h4-12,16H,1-3H3,(H,24,26)(H,25,27). The highest BCUT2D eigenvalue weighted by molar-refractivity contribution is 7.12. The molecule has 2 N–H and O–H groups in total. The summed E-state index contributed by atoms with van der Waals surface area (Å²) in [7, 11) is 0. The molecule has 1 heterocycles. The summed E-state index contributed by atoms with van der Waals surface area (Å²) in [6.45, 7) is 4.78. The van der Waals surface area contributed by atoms with Gasteiger partial charge < -0.3 is 20.1 Å². The minimum Gasteiger partial charge on any atom is -0.451 e. The van der Waals surface area contributed by atoms with E-state index in [-0.39, 0.29) is 11.6 Å². The summed E-state index contributed by atoms with van der Waals surface area (Å²) in [5, 5.41) is 6.75. The number of rotatable bonds is 8. The van der Waals surface area contributed by atoms with E-state index in [9.17, 15) is 27.6 Å². The summed E-state index contributed by atoms with van der Waals surface area (Å²) in [4.78, 5) is 37.4. The Hall–Kier alpha value is -3.08. The molecule has 0 aliphatic rings. The fraction of sp³-hybridized carbons (Fsp3) is 0.350. The maximum atomic E-state index is 12.5. The lowest BCUT2D eigenvalue weighted by molar-refractivity contribution is -0.274. The van der Waals surface area contributed by atoms with Crippen LogP contribution in [0, 0.1) is 5.92 Å². The third kappa shape index (κ3) is 7.59. The van der Waals surface area contributed by atoms with Crippen molar-refractivity contribution < 1.29 is 37.0 Å². The summed E-state index contributed by atoms with van der Waals surface area (Å²) >= 11 is 1.22. The molecule has 0 aliphatic carbocycles. The number of halogens is 3. The van der Waals surface area contributed by atoms with Gasteiger partial charge >= 0.3 is 12.3 Å². The van der Waals surface area contributed by atoms with Gasteiger partial charge in [0, 0.05) is 5.69 Å². The number of anilines is 1. The topological polar surface area (TPSA) is 93.7 Å². The van der Waals surface area contributed by atoms with E-state index in [0.29, 0.717) is 4.88 Å². The van der Waals surface area contributed by atoms with Crippen LogP contribution in [0.1, 0.15) is 30.4 Å². The minimum atomic E-state index is -4.82. The molecule has 0 radical (unpaired) electrons. The largest absolute Gasteiger partial charge is 0.573 e. The van der Waals surface area contributed by atoms with Crippen molar-refractivity contribution in [2.24, 2.45) is 5.92 Å². The highest BCUT2D eigenvalue weighted by Crippen LogP contribution is 2.24. The molecule has 0 fully saturated rings. The molecule has 0 spiro atoms. The van der Waals surface area contributed by atoms with Crippen LogP contribution in [0.4, 0.5) is 18.9 Å². The Morgan fingerprint density at radius 1 is 1.03 bits per heavy atom. The zero-order chi connectivity index (χ0) is 23.2. The van der Waals surface area contributed by atoms with Crippen LogP contribution in [0.25, 0.3) is 0 Å². The first-order valence-electron chi connectivity index (χ1n) is 9.18. The van der Waals surface area contributed by atoms with Crippen molar-refractivity contribution in [2.75, 3.05) is 5.32 Å². The number of amides is 2. The second-order valence-corrected chi connectivity index (χ2v) is 7.76. The van der Waals surface area contributed by atoms with Crippen LogP contribution >= 0.6 is 11.3 Å². The summed E-state index contributed by atoms with van der Waals surface area (Å²) < 4.78 is 45.5. The number of carbonyl (C=O) groups is 3. The zero-order valence-corrected chi connectivity index (χ0v) is 17.7. The zero-order valence-electron chi connectivity index (χ0n) is 16.9. The smallest absolute Gasteiger partial charge is 0.451 e. The normalized spacial score (nSPS) is 13.3. The summed E-state index contributed by atoms with van der Waals surface area (Å²) in [5.41, 5.74) is 0.189. The summed E-state index contributed by atoms with van der Waals surface area (Å²) in [5.74, 6) is -2.63. The maximum absolute atomic E-state index is 12.5. The van der Waals surface area contributed by atoms with Crippen LogP contribution in [0.15, 0.2) is 41.8 Å². The highest BCUT2D eigenvalue weighted by Gasteiger charge is 2.31. The molecular formula is C20H21F3N2O5S. The summed E-state index contributed by atoms with van der Waals surface area (Å²) in [6.07, 6.45) is -6.03. The van der Waals surface area contributed by atoms with Crippen molar-refractivity contribution in [2.45, 2.75) is 39.3 Å². The molecule has 11 heteroatoms. The number of carbonyl (C=O) groups excluding carboxylic acids is 3. The lowest BCUT2D eigenvalue weighted by atomic mass is 10.0. The fourth-order valence-electron chi connectivity index (χ4n) is 2.40. The average molecular weight is 458 g/mol. The molecule has 168 valence electrons. The first-order valence-corrected chi connectivity index (χ1v) is 10.1. The van der Waals surface area contributed by atoms with Gasteiger partial charge in [-0.15, -0.1) is 24.5 Å². The maximum Gasteiger partial charge on any atom is 0.573 e. The Morgan fingerprint density at radius 3 is 2.19 bits per heavy atom. The van der Waals surface area contributed by atoms with Crippen LogP contribution in [-0.4, -0.2) is 36.3 Å². The molecule has 2 atom stereocenters. The molecule has 2 aromatic rings. The fourth-order valence-corrected chi connectivity index (χ4v) is 3.03. The number of benzene rings is 1. The molecule has 2 amide bonds. The Labute approximate surface area is 180 Å². The molecule has 31 heavy (non-hydrogen) atoms. The van der Waals surface area contributed by atoms with E-state index in [2.05, 4.69) is 15.4 Å². The first-order chi connectivity index (χ1) is 14.5. The molecule has 0 aliphatic heterocycles. The molecule has 2 unspecified atom stereocenters. The van der Waals surface area contributed by atoms with Crippen molar-refractivity contribution in [3.05, 3.63) is 46.7 Å². The average Bonchev–Trinajstić information content (AvgIpc) is 3.20. The Kier molecular flexibility index (Phi) is 8.03. The van der Waals surface area contributed by atoms with Gasteiger partial charge in [0.2, 0.25) is 0 Å². The van der Waals surface area contributed by atoms with Crippen LogP contribution in [0.3, 0.4) is 0 Å². The van der Waals surface area contributed by atoms with E-state index in [1.54, 1.807) is 31.4 Å². The van der Waals surface area contributed by atoms with E-state index in [1.165, 1.54) is 30.4 Å². The Balaban J connectivity index is 1.93. The summed E-state index contributed by atoms with van der Waals surface area (Å²) in [6, 6.07) is 6.85. The number of hydrogen-bond acceptors (Lipinski definition) is 6. The van der Waals surface area contributed by atoms with Crippen LogP contribution in [-0.2, 0) is 14.3 Å². The van der Waals surface area contributed by atoms with E-state index in [0.717, 1.165) is 12.1 Å². The van der Waals surface area contributed by atoms with E-state index in [1.807, 2.05) is 0 Å². The Morgan fingerprint density at radius 2 is 1.68 bits per heavy atom. The van der Waals surface area contributed by atoms with E-state index < -0.39 is 42.0 Å². The van der Waals surface area contributed by atoms with Crippen LogP contribution < -0.4 is 15.4 Å². The van der Waals surface area contributed by atoms with Crippen molar-refractivity contribution in [1.82, 2.24) is 5.32 Å². The Bertz CT molecular complexity index is 899. The van der Waals surface area contributed by atoms with Gasteiger partial charge in [0.25, 0.3) is 11.8 Å². The van der Waals surface area contributed by atoms with Crippen molar-refractivity contribution in [1.29, 1.82) is 0 Å². The molecule has 7 nitrogen and oxygen atoms in total. The predicted octanol–water partition coefficient (Wildman–Crippen LogP) is 3.97. The van der Waals surface area contributed by atoms with Gasteiger partial charge in [-0.1, -0.05) is 19.9 Å². The van der Waals surface area contributed by atoms with Gasteiger partial charge in [0.05, 0.1) is 4.88 Å².